The third-order valence-corrected chi connectivity index (χ3v) is 3.44. The number of aliphatic hydroxyl groups excluding tert-OH is 1. The smallest absolute Gasteiger partial charge is 0.236 e. The number of likely N-dealkylation sites (tertiary alicyclic amines) is 1. The molecule has 16 heavy (non-hydrogen) atoms. The number of aliphatic hydroxyl groups is 1. The number of nitrogens with two attached hydrogens (primary N) is 1. The molecule has 0 radical (unpaired) electrons. The lowest BCUT2D eigenvalue weighted by Gasteiger charge is -2.32. The highest BCUT2D eigenvalue weighted by molar-refractivity contribution is 6.09. The number of hydrogen-bond acceptors (Lipinski definition) is 4. The Labute approximate surface area is 93.7 Å². The molecule has 1 saturated heterocycles. The number of piperidine rings is 1. The van der Waals surface area contributed by atoms with Gasteiger partial charge in [0, 0.05) is 13.1 Å². The normalized spacial score (nSPS) is 28.9. The lowest BCUT2D eigenvalue weighted by Crippen LogP contribution is -2.48. The van der Waals surface area contributed by atoms with E-state index in [9.17, 15) is 9.90 Å². The molecule has 6 heteroatoms. The standard InChI is InChI=1S/C10H17N3O3/c11-8(12-16)10(3-4-10)9(15)13-5-1-2-7(14)6-13/h7,14,16H,1-6H2,(H2,11,12). The largest absolute Gasteiger partial charge is 0.409 e. The third kappa shape index (κ3) is 1.73. The van der Waals surface area contributed by atoms with Crippen LogP contribution in [0.4, 0.5) is 0 Å². The van der Waals surface area contributed by atoms with Crippen LogP contribution in [0, 0.1) is 5.41 Å². The summed E-state index contributed by atoms with van der Waals surface area (Å²) in [6.07, 6.45) is 2.36. The minimum atomic E-state index is -0.786. The highest BCUT2D eigenvalue weighted by Crippen LogP contribution is 2.47. The number of oxime groups is 1. The van der Waals surface area contributed by atoms with Crippen LogP contribution >= 0.6 is 0 Å². The first-order valence-corrected chi connectivity index (χ1v) is 5.55. The summed E-state index contributed by atoms with van der Waals surface area (Å²) in [7, 11) is 0. The van der Waals surface area contributed by atoms with E-state index in [0.29, 0.717) is 25.9 Å². The topological polar surface area (TPSA) is 99.2 Å². The summed E-state index contributed by atoms with van der Waals surface area (Å²) in [5.74, 6) is -0.112. The lowest BCUT2D eigenvalue weighted by atomic mass is 10.0. The summed E-state index contributed by atoms with van der Waals surface area (Å²) in [4.78, 5) is 13.8. The van der Waals surface area contributed by atoms with Gasteiger partial charge in [-0.3, -0.25) is 4.79 Å². The first-order valence-electron chi connectivity index (χ1n) is 5.55. The van der Waals surface area contributed by atoms with Gasteiger partial charge in [-0.15, -0.1) is 0 Å². The summed E-state index contributed by atoms with van der Waals surface area (Å²) in [5.41, 5.74) is 4.76. The molecule has 0 bridgehead atoms. The van der Waals surface area contributed by atoms with Crippen LogP contribution in [0.15, 0.2) is 5.16 Å². The number of β-amino-alcohol motifs (C(OH)–C–C–N with tert-alkyl or cyclic N) is 1. The molecule has 1 saturated carbocycles. The van der Waals surface area contributed by atoms with E-state index in [1.54, 1.807) is 4.90 Å². The maximum Gasteiger partial charge on any atom is 0.236 e. The van der Waals surface area contributed by atoms with Gasteiger partial charge < -0.3 is 20.9 Å². The van der Waals surface area contributed by atoms with E-state index < -0.39 is 11.5 Å². The van der Waals surface area contributed by atoms with Crippen molar-refractivity contribution >= 4 is 11.7 Å². The molecule has 0 aromatic heterocycles. The minimum absolute atomic E-state index is 0.00226. The molecule has 1 aliphatic carbocycles. The highest BCUT2D eigenvalue weighted by Gasteiger charge is 2.56. The van der Waals surface area contributed by atoms with Crippen molar-refractivity contribution in [1.82, 2.24) is 4.90 Å². The fraction of sp³-hybridized carbons (Fsp3) is 0.800. The molecule has 2 fully saturated rings. The maximum absolute atomic E-state index is 12.2. The van der Waals surface area contributed by atoms with E-state index in [0.717, 1.165) is 12.8 Å². The second-order valence-corrected chi connectivity index (χ2v) is 4.61. The number of hydrogen-bond donors (Lipinski definition) is 3. The van der Waals surface area contributed by atoms with Crippen molar-refractivity contribution in [1.29, 1.82) is 0 Å². The lowest BCUT2D eigenvalue weighted by molar-refractivity contribution is -0.137. The Balaban J connectivity index is 2.07. The average molecular weight is 227 g/mol. The number of carbonyl (C=O) groups excluding carboxylic acids is 1. The molecule has 2 aliphatic rings. The van der Waals surface area contributed by atoms with Gasteiger partial charge in [0.1, 0.15) is 5.41 Å². The molecular weight excluding hydrogens is 210 g/mol. The Bertz CT molecular complexity index is 325. The van der Waals surface area contributed by atoms with Gasteiger partial charge in [0.25, 0.3) is 0 Å². The van der Waals surface area contributed by atoms with E-state index >= 15 is 0 Å². The Hall–Kier alpha value is -1.30. The second-order valence-electron chi connectivity index (χ2n) is 4.61. The zero-order valence-corrected chi connectivity index (χ0v) is 9.09. The van der Waals surface area contributed by atoms with Gasteiger partial charge >= 0.3 is 0 Å². The predicted molar refractivity (Wildman–Crippen MR) is 56.9 cm³/mol. The summed E-state index contributed by atoms with van der Waals surface area (Å²) >= 11 is 0. The van der Waals surface area contributed by atoms with E-state index in [2.05, 4.69) is 5.16 Å². The van der Waals surface area contributed by atoms with Crippen LogP contribution in [0.3, 0.4) is 0 Å². The monoisotopic (exact) mass is 227 g/mol. The summed E-state index contributed by atoms with van der Waals surface area (Å²) in [6.45, 7) is 1.01. The highest BCUT2D eigenvalue weighted by atomic mass is 16.4. The van der Waals surface area contributed by atoms with Crippen molar-refractivity contribution in [3.8, 4) is 0 Å². The van der Waals surface area contributed by atoms with Crippen molar-refractivity contribution in [2.24, 2.45) is 16.3 Å². The van der Waals surface area contributed by atoms with E-state index in [1.807, 2.05) is 0 Å². The Kier molecular flexibility index (Phi) is 2.75. The van der Waals surface area contributed by atoms with Crippen LogP contribution in [-0.4, -0.2) is 46.1 Å². The first-order chi connectivity index (χ1) is 7.60. The van der Waals surface area contributed by atoms with Gasteiger partial charge in [0.2, 0.25) is 5.91 Å². The minimum Gasteiger partial charge on any atom is -0.409 e. The van der Waals surface area contributed by atoms with Crippen molar-refractivity contribution in [2.45, 2.75) is 31.8 Å². The van der Waals surface area contributed by atoms with E-state index in [4.69, 9.17) is 10.9 Å². The molecule has 0 spiro atoms. The third-order valence-electron chi connectivity index (χ3n) is 3.44. The van der Waals surface area contributed by atoms with Gasteiger partial charge in [0.15, 0.2) is 5.84 Å². The number of amidine groups is 1. The zero-order chi connectivity index (χ0) is 11.8. The molecule has 1 aliphatic heterocycles. The fourth-order valence-electron chi connectivity index (χ4n) is 2.24. The Morgan fingerprint density at radius 2 is 2.19 bits per heavy atom. The predicted octanol–water partition coefficient (Wildman–Crippen LogP) is -0.504. The fourth-order valence-corrected chi connectivity index (χ4v) is 2.24. The van der Waals surface area contributed by atoms with Gasteiger partial charge in [-0.2, -0.15) is 0 Å². The Morgan fingerprint density at radius 1 is 1.50 bits per heavy atom. The van der Waals surface area contributed by atoms with Gasteiger partial charge in [-0.25, -0.2) is 0 Å². The molecule has 90 valence electrons. The summed E-state index contributed by atoms with van der Waals surface area (Å²) < 4.78 is 0. The first kappa shape index (κ1) is 11.2. The number of carbonyl (C=O) groups is 1. The Morgan fingerprint density at radius 3 is 2.69 bits per heavy atom. The molecule has 1 unspecified atom stereocenters. The maximum atomic E-state index is 12.2. The molecule has 6 nitrogen and oxygen atoms in total. The second kappa shape index (κ2) is 3.93. The molecule has 1 heterocycles. The van der Waals surface area contributed by atoms with Crippen LogP contribution in [0.25, 0.3) is 0 Å². The molecule has 0 aromatic rings. The van der Waals surface area contributed by atoms with Crippen LogP contribution in [0.5, 0.6) is 0 Å². The van der Waals surface area contributed by atoms with Gasteiger partial charge in [-0.1, -0.05) is 5.16 Å². The molecule has 4 N–H and O–H groups in total. The van der Waals surface area contributed by atoms with Crippen molar-refractivity contribution in [3.05, 3.63) is 0 Å². The van der Waals surface area contributed by atoms with Crippen LogP contribution in [-0.2, 0) is 4.79 Å². The number of rotatable bonds is 2. The molecule has 1 atom stereocenters. The van der Waals surface area contributed by atoms with Crippen LogP contribution in [0.1, 0.15) is 25.7 Å². The quantitative estimate of drug-likeness (QED) is 0.256. The molecular formula is C10H17N3O3. The molecule has 2 rings (SSSR count). The number of amides is 1. The zero-order valence-electron chi connectivity index (χ0n) is 9.09. The van der Waals surface area contributed by atoms with Crippen molar-refractivity contribution in [2.75, 3.05) is 13.1 Å². The van der Waals surface area contributed by atoms with Crippen LogP contribution in [0.2, 0.25) is 0 Å². The van der Waals surface area contributed by atoms with Gasteiger partial charge in [0.05, 0.1) is 6.10 Å². The van der Waals surface area contributed by atoms with Crippen molar-refractivity contribution in [3.63, 3.8) is 0 Å². The summed E-state index contributed by atoms with van der Waals surface area (Å²) in [6, 6.07) is 0. The summed E-state index contributed by atoms with van der Waals surface area (Å²) in [5, 5.41) is 21.1. The average Bonchev–Trinajstić information content (AvgIpc) is 3.08. The van der Waals surface area contributed by atoms with Gasteiger partial charge in [-0.05, 0) is 25.7 Å². The van der Waals surface area contributed by atoms with E-state index in [1.165, 1.54) is 0 Å². The molecule has 0 aromatic carbocycles. The number of nitrogens with zero attached hydrogens (tertiary/aromatic N) is 2. The SMILES string of the molecule is NC(=NO)C1(C(=O)N2CCCC(O)C2)CC1. The molecule has 1 amide bonds. The van der Waals surface area contributed by atoms with Crippen LogP contribution < -0.4 is 5.73 Å². The van der Waals surface area contributed by atoms with E-state index in [-0.39, 0.29) is 11.7 Å². The van der Waals surface area contributed by atoms with Crippen molar-refractivity contribution < 1.29 is 15.1 Å².